The van der Waals surface area contributed by atoms with Gasteiger partial charge in [0.05, 0.1) is 0 Å². The van der Waals surface area contributed by atoms with Crippen LogP contribution in [-0.4, -0.2) is 22.8 Å². The normalized spacial score (nSPS) is 36.3. The molecule has 1 fully saturated rings. The van der Waals surface area contributed by atoms with E-state index in [1.54, 1.807) is 27.7 Å². The lowest BCUT2D eigenvalue weighted by atomic mass is 10.1. The molecular weight excluding hydrogens is 132 g/mol. The van der Waals surface area contributed by atoms with Gasteiger partial charge in [0.25, 0.3) is 0 Å². The number of hydrogen-bond donors (Lipinski definition) is 1. The first-order valence-corrected chi connectivity index (χ1v) is 3.39. The highest BCUT2D eigenvalue weighted by Crippen LogP contribution is 2.34. The number of aliphatic hydroxyl groups is 1. The summed E-state index contributed by atoms with van der Waals surface area (Å²) in [5.74, 6) is -0.650. The van der Waals surface area contributed by atoms with Crippen molar-refractivity contribution in [3.63, 3.8) is 0 Å². The van der Waals surface area contributed by atoms with Gasteiger partial charge >= 0.3 is 0 Å². The Labute approximate surface area is 60.9 Å². The van der Waals surface area contributed by atoms with Crippen LogP contribution < -0.4 is 0 Å². The van der Waals surface area contributed by atoms with Crippen LogP contribution in [-0.2, 0) is 9.47 Å². The van der Waals surface area contributed by atoms with Crippen molar-refractivity contribution in [2.45, 2.75) is 45.4 Å². The van der Waals surface area contributed by atoms with Crippen LogP contribution in [0.5, 0.6) is 0 Å². The Bertz CT molecular complexity index is 140. The molecule has 3 nitrogen and oxygen atoms in total. The molecule has 1 atom stereocenters. The maximum atomic E-state index is 9.25. The molecule has 0 amide bonds. The Morgan fingerprint density at radius 3 is 1.80 bits per heavy atom. The summed E-state index contributed by atoms with van der Waals surface area (Å²) in [5.41, 5.74) is -0.580. The van der Waals surface area contributed by atoms with Crippen LogP contribution in [0.15, 0.2) is 0 Å². The number of rotatable bonds is 0. The molecule has 10 heavy (non-hydrogen) atoms. The average molecular weight is 146 g/mol. The minimum Gasteiger partial charge on any atom is -0.366 e. The smallest absolute Gasteiger partial charge is 0.186 e. The third-order valence-electron chi connectivity index (χ3n) is 1.50. The van der Waals surface area contributed by atoms with Crippen LogP contribution >= 0.6 is 0 Å². The second-order valence-corrected chi connectivity index (χ2v) is 3.58. The molecule has 0 aromatic carbocycles. The quantitative estimate of drug-likeness (QED) is 0.551. The predicted molar refractivity (Wildman–Crippen MR) is 36.3 cm³/mol. The molecule has 0 aliphatic carbocycles. The zero-order chi connectivity index (χ0) is 7.99. The summed E-state index contributed by atoms with van der Waals surface area (Å²) in [5, 5.41) is 9.25. The third kappa shape index (κ3) is 1.31. The summed E-state index contributed by atoms with van der Waals surface area (Å²) in [6.07, 6.45) is -0.817. The fourth-order valence-corrected chi connectivity index (χ4v) is 1.12. The van der Waals surface area contributed by atoms with E-state index in [4.69, 9.17) is 9.47 Å². The van der Waals surface area contributed by atoms with Crippen molar-refractivity contribution < 1.29 is 14.6 Å². The van der Waals surface area contributed by atoms with E-state index in [1.807, 2.05) is 0 Å². The van der Waals surface area contributed by atoms with Crippen molar-refractivity contribution in [3.8, 4) is 0 Å². The SMILES string of the molecule is CC1(C)OC(O)C(C)(C)O1. The zero-order valence-electron chi connectivity index (χ0n) is 6.84. The van der Waals surface area contributed by atoms with Crippen molar-refractivity contribution in [2.24, 2.45) is 0 Å². The summed E-state index contributed by atoms with van der Waals surface area (Å²) >= 11 is 0. The van der Waals surface area contributed by atoms with Gasteiger partial charge in [-0.1, -0.05) is 0 Å². The molecule has 1 aliphatic rings. The van der Waals surface area contributed by atoms with Gasteiger partial charge in [-0.25, -0.2) is 0 Å². The standard InChI is InChI=1S/C7H14O3/c1-6(2)5(8)9-7(3,4)10-6/h5,8H,1-4H3. The first kappa shape index (κ1) is 7.98. The minimum atomic E-state index is -0.817. The second kappa shape index (κ2) is 1.94. The Hall–Kier alpha value is -0.120. The lowest BCUT2D eigenvalue weighted by molar-refractivity contribution is -0.175. The number of ether oxygens (including phenoxy) is 2. The topological polar surface area (TPSA) is 38.7 Å². The lowest BCUT2D eigenvalue weighted by Gasteiger charge is -2.20. The van der Waals surface area contributed by atoms with Crippen molar-refractivity contribution in [2.75, 3.05) is 0 Å². The van der Waals surface area contributed by atoms with E-state index in [0.29, 0.717) is 0 Å². The highest BCUT2D eigenvalue weighted by molar-refractivity contribution is 4.82. The van der Waals surface area contributed by atoms with Crippen LogP contribution in [0, 0.1) is 0 Å². The molecule has 1 heterocycles. The Balaban J connectivity index is 2.71. The van der Waals surface area contributed by atoms with Crippen LogP contribution in [0.2, 0.25) is 0 Å². The molecule has 0 aromatic rings. The van der Waals surface area contributed by atoms with Gasteiger partial charge in [-0.3, -0.25) is 0 Å². The highest BCUT2D eigenvalue weighted by Gasteiger charge is 2.46. The molecule has 1 N–H and O–H groups in total. The first-order chi connectivity index (χ1) is 4.33. The lowest BCUT2D eigenvalue weighted by Crippen LogP contribution is -2.32. The van der Waals surface area contributed by atoms with Gasteiger partial charge in [-0.05, 0) is 27.7 Å². The van der Waals surface area contributed by atoms with Crippen LogP contribution in [0.3, 0.4) is 0 Å². The fraction of sp³-hybridized carbons (Fsp3) is 1.00. The van der Waals surface area contributed by atoms with E-state index in [1.165, 1.54) is 0 Å². The number of hydrogen-bond acceptors (Lipinski definition) is 3. The van der Waals surface area contributed by atoms with Crippen molar-refractivity contribution in [1.82, 2.24) is 0 Å². The predicted octanol–water partition coefficient (Wildman–Crippen LogP) is 0.866. The summed E-state index contributed by atoms with van der Waals surface area (Å²) in [6, 6.07) is 0. The van der Waals surface area contributed by atoms with Gasteiger partial charge in [0.1, 0.15) is 5.60 Å². The van der Waals surface area contributed by atoms with Gasteiger partial charge in [0.15, 0.2) is 12.1 Å². The summed E-state index contributed by atoms with van der Waals surface area (Å²) in [6.45, 7) is 7.16. The van der Waals surface area contributed by atoms with E-state index >= 15 is 0 Å². The molecule has 0 aromatic heterocycles. The van der Waals surface area contributed by atoms with Crippen LogP contribution in [0.4, 0.5) is 0 Å². The Morgan fingerprint density at radius 2 is 1.70 bits per heavy atom. The maximum Gasteiger partial charge on any atom is 0.186 e. The number of aliphatic hydroxyl groups excluding tert-OH is 1. The van der Waals surface area contributed by atoms with Gasteiger partial charge in [0.2, 0.25) is 0 Å². The Kier molecular flexibility index (Phi) is 1.54. The van der Waals surface area contributed by atoms with E-state index in [0.717, 1.165) is 0 Å². The van der Waals surface area contributed by atoms with Crippen molar-refractivity contribution in [3.05, 3.63) is 0 Å². The monoisotopic (exact) mass is 146 g/mol. The zero-order valence-corrected chi connectivity index (χ0v) is 6.84. The molecule has 0 spiro atoms. The molecule has 0 bridgehead atoms. The highest BCUT2D eigenvalue weighted by atomic mass is 16.8. The maximum absolute atomic E-state index is 9.25. The minimum absolute atomic E-state index is 0.580. The largest absolute Gasteiger partial charge is 0.366 e. The van der Waals surface area contributed by atoms with E-state index in [9.17, 15) is 5.11 Å². The van der Waals surface area contributed by atoms with Crippen molar-refractivity contribution in [1.29, 1.82) is 0 Å². The van der Waals surface area contributed by atoms with Gasteiger partial charge in [-0.15, -0.1) is 0 Å². The molecule has 1 unspecified atom stereocenters. The fourth-order valence-electron chi connectivity index (χ4n) is 1.12. The average Bonchev–Trinajstić information content (AvgIpc) is 1.73. The molecule has 1 rings (SSSR count). The summed E-state index contributed by atoms with van der Waals surface area (Å²) in [4.78, 5) is 0. The third-order valence-corrected chi connectivity index (χ3v) is 1.50. The van der Waals surface area contributed by atoms with Crippen LogP contribution in [0.25, 0.3) is 0 Å². The summed E-state index contributed by atoms with van der Waals surface area (Å²) < 4.78 is 10.5. The van der Waals surface area contributed by atoms with E-state index in [-0.39, 0.29) is 0 Å². The molecule has 60 valence electrons. The molecule has 0 radical (unpaired) electrons. The van der Waals surface area contributed by atoms with Crippen LogP contribution in [0.1, 0.15) is 27.7 Å². The molecule has 1 saturated heterocycles. The van der Waals surface area contributed by atoms with Gasteiger partial charge in [-0.2, -0.15) is 0 Å². The Morgan fingerprint density at radius 1 is 1.20 bits per heavy atom. The van der Waals surface area contributed by atoms with Crippen molar-refractivity contribution >= 4 is 0 Å². The first-order valence-electron chi connectivity index (χ1n) is 3.39. The molecular formula is C7H14O3. The van der Waals surface area contributed by atoms with Gasteiger partial charge in [0, 0.05) is 0 Å². The molecule has 0 saturated carbocycles. The molecule has 3 heteroatoms. The van der Waals surface area contributed by atoms with E-state index < -0.39 is 17.7 Å². The van der Waals surface area contributed by atoms with Gasteiger partial charge < -0.3 is 14.6 Å². The molecule has 1 aliphatic heterocycles. The second-order valence-electron chi connectivity index (χ2n) is 3.58. The van der Waals surface area contributed by atoms with E-state index in [2.05, 4.69) is 0 Å². The summed E-state index contributed by atoms with van der Waals surface area (Å²) in [7, 11) is 0.